The van der Waals surface area contributed by atoms with E-state index in [0.29, 0.717) is 17.3 Å². The third-order valence-electron chi connectivity index (χ3n) is 5.45. The maximum absolute atomic E-state index is 13.5. The SMILES string of the molecule is CCCCCNC(=O)[C@@H](c1ccccc1)N(Cc1ccc(Cl)cc1)C(=O)COc1ccccc1. The van der Waals surface area contributed by atoms with Crippen LogP contribution in [0.3, 0.4) is 0 Å². The number of hydrogen-bond donors (Lipinski definition) is 1. The highest BCUT2D eigenvalue weighted by molar-refractivity contribution is 6.30. The molecule has 0 aromatic heterocycles. The van der Waals surface area contributed by atoms with Gasteiger partial charge in [-0.15, -0.1) is 0 Å². The van der Waals surface area contributed by atoms with Gasteiger partial charge in [0.1, 0.15) is 11.8 Å². The van der Waals surface area contributed by atoms with Gasteiger partial charge in [0.05, 0.1) is 0 Å². The molecule has 34 heavy (non-hydrogen) atoms. The summed E-state index contributed by atoms with van der Waals surface area (Å²) in [7, 11) is 0. The molecule has 0 bridgehead atoms. The zero-order chi connectivity index (χ0) is 24.2. The van der Waals surface area contributed by atoms with Crippen molar-refractivity contribution in [1.29, 1.82) is 0 Å². The van der Waals surface area contributed by atoms with Crippen LogP contribution in [0.25, 0.3) is 0 Å². The summed E-state index contributed by atoms with van der Waals surface area (Å²) in [6.45, 7) is 2.76. The molecule has 0 aliphatic rings. The lowest BCUT2D eigenvalue weighted by Crippen LogP contribution is -2.45. The number of unbranched alkanes of at least 4 members (excludes halogenated alkanes) is 2. The van der Waals surface area contributed by atoms with E-state index in [-0.39, 0.29) is 25.0 Å². The summed E-state index contributed by atoms with van der Waals surface area (Å²) >= 11 is 6.06. The van der Waals surface area contributed by atoms with Gasteiger partial charge in [-0.25, -0.2) is 0 Å². The van der Waals surface area contributed by atoms with Gasteiger partial charge in [0.15, 0.2) is 6.61 Å². The van der Waals surface area contributed by atoms with Crippen LogP contribution in [0.15, 0.2) is 84.9 Å². The van der Waals surface area contributed by atoms with Gasteiger partial charge in [0.2, 0.25) is 5.91 Å². The van der Waals surface area contributed by atoms with Gasteiger partial charge in [0, 0.05) is 18.1 Å². The lowest BCUT2D eigenvalue weighted by Gasteiger charge is -2.31. The van der Waals surface area contributed by atoms with Crippen molar-refractivity contribution in [3.05, 3.63) is 101 Å². The van der Waals surface area contributed by atoms with Crippen molar-refractivity contribution in [3.8, 4) is 5.75 Å². The molecule has 5 nitrogen and oxygen atoms in total. The highest BCUT2D eigenvalue weighted by atomic mass is 35.5. The third kappa shape index (κ3) is 7.63. The number of para-hydroxylation sites is 1. The molecule has 0 aliphatic heterocycles. The standard InChI is InChI=1S/C28H31ClN2O3/c1-2-3-10-19-30-28(33)27(23-11-6-4-7-12-23)31(20-22-15-17-24(29)18-16-22)26(32)21-34-25-13-8-5-9-14-25/h4-9,11-18,27H,2-3,10,19-21H2,1H3,(H,30,33)/t27-/m1/s1. The number of nitrogens with one attached hydrogen (secondary N) is 1. The molecule has 6 heteroatoms. The smallest absolute Gasteiger partial charge is 0.261 e. The van der Waals surface area contributed by atoms with Gasteiger partial charge < -0.3 is 15.0 Å². The van der Waals surface area contributed by atoms with E-state index in [1.807, 2.05) is 60.7 Å². The first-order valence-corrected chi connectivity index (χ1v) is 12.0. The van der Waals surface area contributed by atoms with Crippen molar-refractivity contribution in [2.24, 2.45) is 0 Å². The second-order valence-corrected chi connectivity index (χ2v) is 8.50. The van der Waals surface area contributed by atoms with Crippen LogP contribution in [0.1, 0.15) is 43.4 Å². The molecule has 0 saturated carbocycles. The maximum Gasteiger partial charge on any atom is 0.261 e. The fraction of sp³-hybridized carbons (Fsp3) is 0.286. The topological polar surface area (TPSA) is 58.6 Å². The normalized spacial score (nSPS) is 11.5. The highest BCUT2D eigenvalue weighted by Crippen LogP contribution is 2.25. The van der Waals surface area contributed by atoms with Gasteiger partial charge >= 0.3 is 0 Å². The molecule has 3 aromatic rings. The zero-order valence-electron chi connectivity index (χ0n) is 19.5. The number of carbonyl (C=O) groups excluding carboxylic acids is 2. The molecular weight excluding hydrogens is 448 g/mol. The molecule has 0 fully saturated rings. The van der Waals surface area contributed by atoms with Crippen molar-refractivity contribution >= 4 is 23.4 Å². The van der Waals surface area contributed by atoms with E-state index >= 15 is 0 Å². The van der Waals surface area contributed by atoms with Crippen LogP contribution in [0, 0.1) is 0 Å². The molecule has 0 radical (unpaired) electrons. The largest absolute Gasteiger partial charge is 0.484 e. The molecule has 178 valence electrons. The Morgan fingerprint density at radius 3 is 2.21 bits per heavy atom. The average Bonchev–Trinajstić information content (AvgIpc) is 2.87. The van der Waals surface area contributed by atoms with Crippen LogP contribution in [0.5, 0.6) is 5.75 Å². The van der Waals surface area contributed by atoms with Gasteiger partial charge in [-0.2, -0.15) is 0 Å². The van der Waals surface area contributed by atoms with E-state index in [0.717, 1.165) is 30.4 Å². The first-order chi connectivity index (χ1) is 16.6. The molecule has 1 atom stereocenters. The number of benzene rings is 3. The number of halogens is 1. The molecule has 0 saturated heterocycles. The Balaban J connectivity index is 1.88. The first-order valence-electron chi connectivity index (χ1n) is 11.6. The third-order valence-corrected chi connectivity index (χ3v) is 5.70. The quantitative estimate of drug-likeness (QED) is 0.335. The number of rotatable bonds is 12. The Bertz CT molecular complexity index is 1030. The Morgan fingerprint density at radius 1 is 0.912 bits per heavy atom. The number of nitrogens with zero attached hydrogens (tertiary/aromatic N) is 1. The van der Waals surface area contributed by atoms with Crippen LogP contribution in [-0.4, -0.2) is 29.9 Å². The van der Waals surface area contributed by atoms with E-state index in [4.69, 9.17) is 16.3 Å². The molecule has 0 unspecified atom stereocenters. The van der Waals surface area contributed by atoms with E-state index in [1.165, 1.54) is 0 Å². The van der Waals surface area contributed by atoms with Gasteiger partial charge in [-0.1, -0.05) is 92.0 Å². The number of amides is 2. The molecular formula is C28H31ClN2O3. The first kappa shape index (κ1) is 25.3. The molecule has 3 rings (SSSR count). The maximum atomic E-state index is 13.5. The molecule has 1 N–H and O–H groups in total. The molecule has 0 spiro atoms. The van der Waals surface area contributed by atoms with Crippen LogP contribution in [-0.2, 0) is 16.1 Å². The average molecular weight is 479 g/mol. The lowest BCUT2D eigenvalue weighted by molar-refractivity contribution is -0.143. The molecule has 0 heterocycles. The van der Waals surface area contributed by atoms with Gasteiger partial charge in [0.25, 0.3) is 5.91 Å². The fourth-order valence-electron chi connectivity index (χ4n) is 3.65. The van der Waals surface area contributed by atoms with Gasteiger partial charge in [-0.3, -0.25) is 9.59 Å². The summed E-state index contributed by atoms with van der Waals surface area (Å²) in [5.74, 6) is 0.114. The predicted molar refractivity (Wildman–Crippen MR) is 136 cm³/mol. The summed E-state index contributed by atoms with van der Waals surface area (Å²) < 4.78 is 5.74. The van der Waals surface area contributed by atoms with Crippen LogP contribution >= 0.6 is 11.6 Å². The summed E-state index contributed by atoms with van der Waals surface area (Å²) in [5, 5.41) is 3.64. The predicted octanol–water partition coefficient (Wildman–Crippen LogP) is 5.80. The minimum Gasteiger partial charge on any atom is -0.484 e. The lowest BCUT2D eigenvalue weighted by atomic mass is 10.0. The second kappa shape index (κ2) is 13.4. The molecule has 3 aromatic carbocycles. The Hall–Kier alpha value is -3.31. The van der Waals surface area contributed by atoms with Crippen molar-refractivity contribution in [1.82, 2.24) is 10.2 Å². The van der Waals surface area contributed by atoms with Crippen molar-refractivity contribution < 1.29 is 14.3 Å². The summed E-state index contributed by atoms with van der Waals surface area (Å²) in [6, 6.07) is 25.1. The Kier molecular flexibility index (Phi) is 9.98. The summed E-state index contributed by atoms with van der Waals surface area (Å²) in [5.41, 5.74) is 1.62. The second-order valence-electron chi connectivity index (χ2n) is 8.06. The van der Waals surface area contributed by atoms with E-state index in [9.17, 15) is 9.59 Å². The Morgan fingerprint density at radius 2 is 1.56 bits per heavy atom. The van der Waals surface area contributed by atoms with E-state index in [2.05, 4.69) is 12.2 Å². The molecule has 2 amide bonds. The summed E-state index contributed by atoms with van der Waals surface area (Å²) in [6.07, 6.45) is 3.00. The minimum atomic E-state index is -0.787. The number of ether oxygens (including phenoxy) is 1. The van der Waals surface area contributed by atoms with E-state index < -0.39 is 6.04 Å². The van der Waals surface area contributed by atoms with E-state index in [1.54, 1.807) is 29.2 Å². The number of carbonyl (C=O) groups is 2. The Labute approximate surface area is 206 Å². The minimum absolute atomic E-state index is 0.177. The van der Waals surface area contributed by atoms with Crippen molar-refractivity contribution in [2.45, 2.75) is 38.8 Å². The zero-order valence-corrected chi connectivity index (χ0v) is 20.2. The fourth-order valence-corrected chi connectivity index (χ4v) is 3.77. The van der Waals surface area contributed by atoms with Crippen LogP contribution in [0.4, 0.5) is 0 Å². The van der Waals surface area contributed by atoms with Gasteiger partial charge in [-0.05, 0) is 41.8 Å². The van der Waals surface area contributed by atoms with Crippen LogP contribution in [0.2, 0.25) is 5.02 Å². The number of hydrogen-bond acceptors (Lipinski definition) is 3. The summed E-state index contributed by atoms with van der Waals surface area (Å²) in [4.78, 5) is 28.5. The highest BCUT2D eigenvalue weighted by Gasteiger charge is 2.31. The van der Waals surface area contributed by atoms with Crippen molar-refractivity contribution in [2.75, 3.05) is 13.2 Å². The molecule has 0 aliphatic carbocycles. The monoisotopic (exact) mass is 478 g/mol. The van der Waals surface area contributed by atoms with Crippen LogP contribution < -0.4 is 10.1 Å². The van der Waals surface area contributed by atoms with Crippen molar-refractivity contribution in [3.63, 3.8) is 0 Å².